The zero-order valence-corrected chi connectivity index (χ0v) is 39.9. The van der Waals surface area contributed by atoms with Crippen LogP contribution in [0.5, 0.6) is 0 Å². The molecule has 0 aliphatic heterocycles. The van der Waals surface area contributed by atoms with Crippen molar-refractivity contribution in [3.63, 3.8) is 0 Å². The van der Waals surface area contributed by atoms with E-state index in [1.165, 1.54) is 49.2 Å². The summed E-state index contributed by atoms with van der Waals surface area (Å²) in [5.41, 5.74) is 15.2. The molecular weight excluding hydrogens is 885 g/mol. The van der Waals surface area contributed by atoms with Crippen molar-refractivity contribution in [3.05, 3.63) is 279 Å². The summed E-state index contributed by atoms with van der Waals surface area (Å²) in [6.07, 6.45) is 0. The molecule has 13 aromatic carbocycles. The Hall–Kier alpha value is -9.70. The molecule has 0 spiro atoms. The van der Waals surface area contributed by atoms with E-state index in [4.69, 9.17) is 4.42 Å². The first-order valence-electron chi connectivity index (χ1n) is 25.0. The fraction of sp³-hybridized carbons (Fsp3) is 0. The number of nitrogens with zero attached hydrogens (tertiary/aromatic N) is 2. The summed E-state index contributed by atoms with van der Waals surface area (Å²) >= 11 is 0. The largest absolute Gasteiger partial charge is 0.454 e. The third kappa shape index (κ3) is 7.21. The highest BCUT2D eigenvalue weighted by atomic mass is 16.3. The lowest BCUT2D eigenvalue weighted by Gasteiger charge is -2.30. The maximum absolute atomic E-state index is 7.21. The third-order valence-electron chi connectivity index (χ3n) is 14.6. The lowest BCUT2D eigenvalue weighted by Crippen LogP contribution is -2.12. The van der Waals surface area contributed by atoms with Crippen LogP contribution in [-0.2, 0) is 0 Å². The van der Waals surface area contributed by atoms with Crippen LogP contribution in [0.2, 0.25) is 0 Å². The Morgan fingerprint density at radius 3 is 1.21 bits per heavy atom. The fourth-order valence-electron chi connectivity index (χ4n) is 11.3. The zero-order chi connectivity index (χ0) is 48.2. The smallest absolute Gasteiger partial charge is 0.160 e. The predicted octanol–water partition coefficient (Wildman–Crippen LogP) is 20.1. The van der Waals surface area contributed by atoms with Crippen molar-refractivity contribution in [3.8, 4) is 33.4 Å². The van der Waals surface area contributed by atoms with Gasteiger partial charge in [-0.15, -0.1) is 0 Å². The van der Waals surface area contributed by atoms with E-state index < -0.39 is 0 Å². The van der Waals surface area contributed by atoms with Gasteiger partial charge in [0.25, 0.3) is 0 Å². The van der Waals surface area contributed by atoms with Crippen LogP contribution in [0.4, 0.5) is 34.1 Å². The molecule has 0 bridgehead atoms. The molecular formula is C70H46N2O. The molecule has 3 nitrogen and oxygen atoms in total. The van der Waals surface area contributed by atoms with Crippen LogP contribution in [0.1, 0.15) is 0 Å². The lowest BCUT2D eigenvalue weighted by molar-refractivity contribution is 0.669. The molecule has 73 heavy (non-hydrogen) atoms. The van der Waals surface area contributed by atoms with Crippen molar-refractivity contribution in [2.45, 2.75) is 0 Å². The van der Waals surface area contributed by atoms with E-state index in [1.807, 2.05) is 0 Å². The van der Waals surface area contributed by atoms with Crippen molar-refractivity contribution in [2.75, 3.05) is 9.80 Å². The molecule has 14 aromatic rings. The Bertz CT molecular complexity index is 4280. The van der Waals surface area contributed by atoms with Gasteiger partial charge >= 0.3 is 0 Å². The van der Waals surface area contributed by atoms with Crippen LogP contribution in [0.15, 0.2) is 283 Å². The topological polar surface area (TPSA) is 19.6 Å². The second-order valence-electron chi connectivity index (χ2n) is 18.8. The highest BCUT2D eigenvalue weighted by molar-refractivity contribution is 6.30. The van der Waals surface area contributed by atoms with Gasteiger partial charge in [-0.2, -0.15) is 0 Å². The lowest BCUT2D eigenvalue weighted by atomic mass is 9.89. The van der Waals surface area contributed by atoms with Crippen molar-refractivity contribution in [1.29, 1.82) is 0 Å². The number of hydrogen-bond donors (Lipinski definition) is 0. The van der Waals surface area contributed by atoms with Gasteiger partial charge in [-0.25, -0.2) is 0 Å². The first-order chi connectivity index (χ1) is 36.2. The number of furan rings is 1. The van der Waals surface area contributed by atoms with E-state index in [1.54, 1.807) is 0 Å². The Balaban J connectivity index is 0.987. The van der Waals surface area contributed by atoms with Crippen LogP contribution in [-0.4, -0.2) is 0 Å². The number of benzene rings is 13. The van der Waals surface area contributed by atoms with Gasteiger partial charge in [0.05, 0.1) is 11.4 Å². The minimum atomic E-state index is 0.850. The summed E-state index contributed by atoms with van der Waals surface area (Å²) in [4.78, 5) is 4.80. The molecule has 0 saturated heterocycles. The average Bonchev–Trinajstić information content (AvgIpc) is 3.89. The third-order valence-corrected chi connectivity index (χ3v) is 14.6. The van der Waals surface area contributed by atoms with Crippen LogP contribution in [0.25, 0.3) is 98.4 Å². The SMILES string of the molecule is c1ccc(-c2ccc(N(c3ccccc3)c3ccc(-c4c5ccccc5c(N(c5ccc(-c6ccccc6)cc5)c5cc6ccccc6c6c5oc5ccc7ccccc7c56)c5ccccc45)cc3)cc2)cc1. The Morgan fingerprint density at radius 2 is 0.658 bits per heavy atom. The van der Waals surface area contributed by atoms with Crippen LogP contribution < -0.4 is 9.80 Å². The van der Waals surface area contributed by atoms with E-state index in [2.05, 4.69) is 289 Å². The van der Waals surface area contributed by atoms with E-state index in [0.29, 0.717) is 0 Å². The van der Waals surface area contributed by atoms with Gasteiger partial charge in [0.15, 0.2) is 5.58 Å². The molecule has 0 N–H and O–H groups in total. The van der Waals surface area contributed by atoms with Crippen LogP contribution in [0.3, 0.4) is 0 Å². The molecule has 14 rings (SSSR count). The van der Waals surface area contributed by atoms with Crippen molar-refractivity contribution < 1.29 is 4.42 Å². The Morgan fingerprint density at radius 1 is 0.260 bits per heavy atom. The van der Waals surface area contributed by atoms with Gasteiger partial charge in [0.1, 0.15) is 5.58 Å². The molecule has 0 fully saturated rings. The standard InChI is InChI=1S/C70H46N2O/c1-4-18-47(19-5-1)49-32-39-55(40-33-49)71(54-24-8-3-9-25-54)56-43-36-52(37-44-56)66-60-28-14-16-30-62(60)69(63-31-17-15-29-61(63)66)72(57-41-34-50(35-42-57)48-20-6-2-7-21-48)64-46-53-23-11-13-27-59(53)68-67-58-26-12-10-22-51(58)38-45-65(67)73-70(64)68/h1-46H. The van der Waals surface area contributed by atoms with Gasteiger partial charge in [0, 0.05) is 44.3 Å². The molecule has 0 radical (unpaired) electrons. The Labute approximate surface area is 423 Å². The molecule has 0 atom stereocenters. The number of fused-ring (bicyclic) bond motifs is 9. The second-order valence-corrected chi connectivity index (χ2v) is 18.8. The summed E-state index contributed by atoms with van der Waals surface area (Å²) in [7, 11) is 0. The molecule has 342 valence electrons. The highest BCUT2D eigenvalue weighted by Gasteiger charge is 2.27. The molecule has 0 unspecified atom stereocenters. The van der Waals surface area contributed by atoms with Crippen molar-refractivity contribution in [1.82, 2.24) is 0 Å². The molecule has 0 saturated carbocycles. The minimum absolute atomic E-state index is 0.850. The summed E-state index contributed by atoms with van der Waals surface area (Å²) in [5, 5.41) is 11.5. The average molecular weight is 931 g/mol. The molecule has 1 aromatic heterocycles. The highest BCUT2D eigenvalue weighted by Crippen LogP contribution is 2.52. The maximum atomic E-state index is 7.21. The number of para-hydroxylation sites is 1. The van der Waals surface area contributed by atoms with E-state index in [-0.39, 0.29) is 0 Å². The Kier molecular flexibility index (Phi) is 10.2. The van der Waals surface area contributed by atoms with Gasteiger partial charge in [-0.05, 0) is 126 Å². The number of anilines is 6. The van der Waals surface area contributed by atoms with Crippen LogP contribution in [0, 0.1) is 0 Å². The first-order valence-corrected chi connectivity index (χ1v) is 25.0. The monoisotopic (exact) mass is 930 g/mol. The first kappa shape index (κ1) is 42.2. The van der Waals surface area contributed by atoms with Gasteiger partial charge in [-0.3, -0.25) is 0 Å². The summed E-state index contributed by atoms with van der Waals surface area (Å²) in [5.74, 6) is 0. The van der Waals surface area contributed by atoms with Crippen molar-refractivity contribution >= 4 is 99.2 Å². The minimum Gasteiger partial charge on any atom is -0.454 e. The van der Waals surface area contributed by atoms with Gasteiger partial charge < -0.3 is 14.2 Å². The molecule has 0 aliphatic carbocycles. The van der Waals surface area contributed by atoms with Crippen LogP contribution >= 0.6 is 0 Å². The van der Waals surface area contributed by atoms with Gasteiger partial charge in [0.2, 0.25) is 0 Å². The number of hydrogen-bond acceptors (Lipinski definition) is 3. The summed E-state index contributed by atoms with van der Waals surface area (Å²) in [6, 6.07) is 101. The zero-order valence-electron chi connectivity index (χ0n) is 39.9. The quantitative estimate of drug-likeness (QED) is 0.135. The molecule has 0 amide bonds. The molecule has 1 heterocycles. The summed E-state index contributed by atoms with van der Waals surface area (Å²) < 4.78 is 7.21. The fourth-order valence-corrected chi connectivity index (χ4v) is 11.3. The number of rotatable bonds is 9. The maximum Gasteiger partial charge on any atom is 0.160 e. The normalized spacial score (nSPS) is 11.6. The predicted molar refractivity (Wildman–Crippen MR) is 309 cm³/mol. The van der Waals surface area contributed by atoms with E-state index in [0.717, 1.165) is 83.3 Å². The van der Waals surface area contributed by atoms with Crippen molar-refractivity contribution in [2.24, 2.45) is 0 Å². The van der Waals surface area contributed by atoms with Gasteiger partial charge in [-0.1, -0.05) is 218 Å². The summed E-state index contributed by atoms with van der Waals surface area (Å²) in [6.45, 7) is 0. The van der Waals surface area contributed by atoms with E-state index in [9.17, 15) is 0 Å². The molecule has 3 heteroatoms. The van der Waals surface area contributed by atoms with E-state index >= 15 is 0 Å². The molecule has 0 aliphatic rings. The second kappa shape index (κ2) is 17.6.